The summed E-state index contributed by atoms with van der Waals surface area (Å²) in [6.07, 6.45) is 1.48. The lowest BCUT2D eigenvalue weighted by atomic mass is 10.0. The van der Waals surface area contributed by atoms with Crippen molar-refractivity contribution in [2.75, 3.05) is 14.2 Å². The number of Topliss-reactive ketones (excluding diaryl/α,β-unsaturated/α-hetero) is 1. The zero-order valence-corrected chi connectivity index (χ0v) is 14.4. The van der Waals surface area contributed by atoms with Gasteiger partial charge in [-0.1, -0.05) is 24.3 Å². The number of hydrogen-bond donors (Lipinski definition) is 0. The third kappa shape index (κ3) is 2.83. The van der Waals surface area contributed by atoms with E-state index in [0.29, 0.717) is 11.1 Å². The number of allylic oxidation sites excluding steroid dienone is 1. The first-order valence-corrected chi connectivity index (χ1v) is 8.83. The average molecular weight is 357 g/mol. The molecule has 0 N–H and O–H groups in total. The van der Waals surface area contributed by atoms with Crippen molar-refractivity contribution < 1.29 is 22.7 Å². The van der Waals surface area contributed by atoms with Crippen molar-refractivity contribution in [2.24, 2.45) is 0 Å². The lowest BCUT2D eigenvalue weighted by molar-refractivity contribution is 0.0600. The minimum atomic E-state index is -3.78. The van der Waals surface area contributed by atoms with Gasteiger partial charge in [-0.05, 0) is 35.9 Å². The van der Waals surface area contributed by atoms with Crippen molar-refractivity contribution in [3.05, 3.63) is 70.9 Å². The molecule has 1 heterocycles. The molecule has 3 rings (SSSR count). The van der Waals surface area contributed by atoms with E-state index in [1.165, 1.54) is 32.4 Å². The number of carbonyl (C=O) groups excluding carboxylic acids is 2. The number of ketones is 1. The number of ether oxygens (including phenoxy) is 1. The van der Waals surface area contributed by atoms with E-state index in [2.05, 4.69) is 4.74 Å². The topological polar surface area (TPSA) is 80.8 Å². The van der Waals surface area contributed by atoms with Gasteiger partial charge >= 0.3 is 5.97 Å². The Hall–Kier alpha value is -2.93. The normalized spacial score (nSPS) is 17.3. The van der Waals surface area contributed by atoms with Crippen molar-refractivity contribution >= 4 is 27.9 Å². The first-order chi connectivity index (χ1) is 11.9. The van der Waals surface area contributed by atoms with Gasteiger partial charge in [0.05, 0.1) is 17.6 Å². The highest BCUT2D eigenvalue weighted by Gasteiger charge is 2.36. The maximum absolute atomic E-state index is 12.7. The Labute approximate surface area is 145 Å². The molecule has 0 spiro atoms. The number of likely N-dealkylation sites (N-methyl/N-ethyl adjacent to an activating group) is 1. The summed E-state index contributed by atoms with van der Waals surface area (Å²) in [5, 5.41) is 0. The van der Waals surface area contributed by atoms with E-state index in [4.69, 9.17) is 0 Å². The molecule has 6 nitrogen and oxygen atoms in total. The number of rotatable bonds is 2. The van der Waals surface area contributed by atoms with E-state index in [1.54, 1.807) is 36.4 Å². The number of hydrogen-bond acceptors (Lipinski definition) is 5. The van der Waals surface area contributed by atoms with Crippen LogP contribution in [0.4, 0.5) is 0 Å². The van der Waals surface area contributed by atoms with Crippen molar-refractivity contribution in [3.63, 3.8) is 0 Å². The quantitative estimate of drug-likeness (QED) is 0.609. The zero-order valence-electron chi connectivity index (χ0n) is 13.6. The third-order valence-corrected chi connectivity index (χ3v) is 5.81. The highest BCUT2D eigenvalue weighted by atomic mass is 32.2. The lowest BCUT2D eigenvalue weighted by Gasteiger charge is -2.27. The maximum atomic E-state index is 12.7. The Morgan fingerprint density at radius 3 is 2.36 bits per heavy atom. The zero-order chi connectivity index (χ0) is 18.2. The van der Waals surface area contributed by atoms with Gasteiger partial charge in [0.1, 0.15) is 5.70 Å². The molecular formula is C18H15NO5S. The predicted molar refractivity (Wildman–Crippen MR) is 91.5 cm³/mol. The molecule has 2 aromatic carbocycles. The van der Waals surface area contributed by atoms with Gasteiger partial charge in [-0.2, -0.15) is 0 Å². The van der Waals surface area contributed by atoms with Crippen LogP contribution < -0.4 is 0 Å². The molecule has 1 aliphatic heterocycles. The highest BCUT2D eigenvalue weighted by molar-refractivity contribution is 7.89. The van der Waals surface area contributed by atoms with Crippen LogP contribution in [0.15, 0.2) is 59.1 Å². The highest BCUT2D eigenvalue weighted by Crippen LogP contribution is 2.31. The standard InChI is InChI=1S/C18H15NO5S/c1-19-15(11-12-7-9-13(10-8-12)18(21)24-2)17(20)14-5-3-4-6-16(14)25(19,22)23/h3-11H,1-2H3. The summed E-state index contributed by atoms with van der Waals surface area (Å²) in [6, 6.07) is 12.5. The van der Waals surface area contributed by atoms with Crippen molar-refractivity contribution in [2.45, 2.75) is 4.90 Å². The summed E-state index contributed by atoms with van der Waals surface area (Å²) in [7, 11) is -1.15. The van der Waals surface area contributed by atoms with Gasteiger partial charge in [0.25, 0.3) is 10.0 Å². The molecule has 25 heavy (non-hydrogen) atoms. The Morgan fingerprint density at radius 1 is 1.08 bits per heavy atom. The van der Waals surface area contributed by atoms with E-state index in [1.807, 2.05) is 0 Å². The second kappa shape index (κ2) is 6.18. The Bertz CT molecular complexity index is 990. The molecule has 7 heteroatoms. The van der Waals surface area contributed by atoms with E-state index >= 15 is 0 Å². The second-order valence-electron chi connectivity index (χ2n) is 5.44. The smallest absolute Gasteiger partial charge is 0.337 e. The molecule has 0 aromatic heterocycles. The fourth-order valence-corrected chi connectivity index (χ4v) is 3.96. The maximum Gasteiger partial charge on any atom is 0.337 e. The summed E-state index contributed by atoms with van der Waals surface area (Å²) >= 11 is 0. The van der Waals surface area contributed by atoms with Crippen LogP contribution in [0.25, 0.3) is 6.08 Å². The second-order valence-corrected chi connectivity index (χ2v) is 7.38. The summed E-state index contributed by atoms with van der Waals surface area (Å²) in [5.74, 6) is -0.841. The number of carbonyl (C=O) groups is 2. The molecule has 0 saturated heterocycles. The summed E-state index contributed by atoms with van der Waals surface area (Å²) in [6.45, 7) is 0. The molecule has 128 valence electrons. The van der Waals surface area contributed by atoms with Crippen LogP contribution in [0, 0.1) is 0 Å². The molecule has 0 aliphatic carbocycles. The van der Waals surface area contributed by atoms with Crippen molar-refractivity contribution in [1.82, 2.24) is 4.31 Å². The lowest BCUT2D eigenvalue weighted by Crippen LogP contribution is -2.36. The van der Waals surface area contributed by atoms with Crippen LogP contribution in [-0.4, -0.2) is 38.6 Å². The van der Waals surface area contributed by atoms with Gasteiger partial charge in [0.15, 0.2) is 0 Å². The molecule has 0 unspecified atom stereocenters. The predicted octanol–water partition coefficient (Wildman–Crippen LogP) is 2.33. The minimum Gasteiger partial charge on any atom is -0.465 e. The van der Waals surface area contributed by atoms with Crippen molar-refractivity contribution in [1.29, 1.82) is 0 Å². The number of sulfonamides is 1. The number of methoxy groups -OCH3 is 1. The minimum absolute atomic E-state index is 0.000638. The summed E-state index contributed by atoms with van der Waals surface area (Å²) in [5.41, 5.74) is 1.16. The van der Waals surface area contributed by atoms with Gasteiger partial charge in [-0.15, -0.1) is 0 Å². The number of nitrogens with zero attached hydrogens (tertiary/aromatic N) is 1. The largest absolute Gasteiger partial charge is 0.465 e. The van der Waals surface area contributed by atoms with Crippen LogP contribution >= 0.6 is 0 Å². The first kappa shape index (κ1) is 16.9. The van der Waals surface area contributed by atoms with Crippen molar-refractivity contribution in [3.8, 4) is 0 Å². The van der Waals surface area contributed by atoms with E-state index in [0.717, 1.165) is 4.31 Å². The van der Waals surface area contributed by atoms with Crippen LogP contribution in [0.1, 0.15) is 26.3 Å². The van der Waals surface area contributed by atoms with Crippen LogP contribution in [0.3, 0.4) is 0 Å². The van der Waals surface area contributed by atoms with E-state index in [-0.39, 0.29) is 21.9 Å². The van der Waals surface area contributed by atoms with Crippen LogP contribution in [0.2, 0.25) is 0 Å². The number of esters is 1. The van der Waals surface area contributed by atoms with Gasteiger partial charge < -0.3 is 4.74 Å². The molecule has 0 radical (unpaired) electrons. The molecule has 2 aromatic rings. The molecule has 0 fully saturated rings. The Kier molecular flexibility index (Phi) is 4.18. The van der Waals surface area contributed by atoms with Crippen LogP contribution in [0.5, 0.6) is 0 Å². The molecule has 0 atom stereocenters. The van der Waals surface area contributed by atoms with Gasteiger partial charge in [-0.25, -0.2) is 13.2 Å². The average Bonchev–Trinajstić information content (AvgIpc) is 2.64. The molecule has 0 amide bonds. The Morgan fingerprint density at radius 2 is 1.72 bits per heavy atom. The van der Waals surface area contributed by atoms with Gasteiger partial charge in [-0.3, -0.25) is 9.10 Å². The fourth-order valence-electron chi connectivity index (χ4n) is 2.58. The number of benzene rings is 2. The fraction of sp³-hybridized carbons (Fsp3) is 0.111. The number of fused-ring (bicyclic) bond motifs is 1. The monoisotopic (exact) mass is 357 g/mol. The van der Waals surface area contributed by atoms with Gasteiger partial charge in [0.2, 0.25) is 5.78 Å². The summed E-state index contributed by atoms with van der Waals surface area (Å²) in [4.78, 5) is 24.2. The molecular weight excluding hydrogens is 342 g/mol. The van der Waals surface area contributed by atoms with E-state index in [9.17, 15) is 18.0 Å². The van der Waals surface area contributed by atoms with E-state index < -0.39 is 16.0 Å². The Balaban J connectivity index is 2.07. The van der Waals surface area contributed by atoms with Crippen LogP contribution in [-0.2, 0) is 14.8 Å². The SMILES string of the molecule is COC(=O)c1ccc(C=C2C(=O)c3ccccc3S(=O)(=O)N2C)cc1. The summed E-state index contributed by atoms with van der Waals surface area (Å²) < 4.78 is 30.8. The molecule has 1 aliphatic rings. The molecule has 0 saturated carbocycles. The third-order valence-electron chi connectivity index (χ3n) is 3.98. The van der Waals surface area contributed by atoms with Gasteiger partial charge in [0, 0.05) is 12.6 Å². The first-order valence-electron chi connectivity index (χ1n) is 7.39. The molecule has 0 bridgehead atoms.